The van der Waals surface area contributed by atoms with Crippen LogP contribution in [0.25, 0.3) is 11.3 Å². The van der Waals surface area contributed by atoms with E-state index in [0.717, 1.165) is 35.4 Å². The van der Waals surface area contributed by atoms with Crippen LogP contribution in [-0.2, 0) is 26.4 Å². The number of hydrogen-bond acceptors (Lipinski definition) is 4. The molecule has 7 heteroatoms. The van der Waals surface area contributed by atoms with Crippen molar-refractivity contribution < 1.29 is 4.79 Å². The first kappa shape index (κ1) is 15.0. The number of pyridine rings is 1. The maximum atomic E-state index is 12.4. The summed E-state index contributed by atoms with van der Waals surface area (Å²) in [7, 11) is 1.97. The summed E-state index contributed by atoms with van der Waals surface area (Å²) in [6, 6.07) is 5.27. The Bertz CT molecular complexity index is 980. The van der Waals surface area contributed by atoms with E-state index in [1.165, 1.54) is 10.6 Å². The lowest BCUT2D eigenvalue weighted by molar-refractivity contribution is 0.0993. The van der Waals surface area contributed by atoms with Gasteiger partial charge >= 0.3 is 0 Å². The molecule has 122 valence electrons. The van der Waals surface area contributed by atoms with Gasteiger partial charge in [-0.05, 0) is 31.9 Å². The summed E-state index contributed by atoms with van der Waals surface area (Å²) in [5.74, 6) is -0.303. The normalized spacial score (nSPS) is 13.7. The Morgan fingerprint density at radius 2 is 2.25 bits per heavy atom. The van der Waals surface area contributed by atoms with Crippen LogP contribution < -0.4 is 4.80 Å². The van der Waals surface area contributed by atoms with Gasteiger partial charge in [-0.1, -0.05) is 6.07 Å². The molecule has 24 heavy (non-hydrogen) atoms. The summed E-state index contributed by atoms with van der Waals surface area (Å²) in [5.41, 5.74) is 3.92. The van der Waals surface area contributed by atoms with E-state index < -0.39 is 0 Å². The molecule has 1 amide bonds. The van der Waals surface area contributed by atoms with Crippen molar-refractivity contribution in [3.8, 4) is 11.3 Å². The fourth-order valence-corrected chi connectivity index (χ4v) is 4.32. The summed E-state index contributed by atoms with van der Waals surface area (Å²) < 4.78 is 4.05. The zero-order valence-electron chi connectivity index (χ0n) is 13.6. The van der Waals surface area contributed by atoms with E-state index in [1.54, 1.807) is 35.7 Å². The van der Waals surface area contributed by atoms with E-state index in [-0.39, 0.29) is 5.91 Å². The molecule has 0 unspecified atom stereocenters. The summed E-state index contributed by atoms with van der Waals surface area (Å²) in [6.45, 7) is 2.83. The molecule has 6 nitrogen and oxygen atoms in total. The number of carbonyl (C=O) groups excluding carboxylic acids is 1. The molecule has 1 aliphatic carbocycles. The second kappa shape index (κ2) is 5.83. The first-order valence-electron chi connectivity index (χ1n) is 7.93. The van der Waals surface area contributed by atoms with E-state index in [1.807, 2.05) is 17.9 Å². The largest absolute Gasteiger partial charge is 0.316 e. The van der Waals surface area contributed by atoms with E-state index in [2.05, 4.69) is 26.6 Å². The first-order valence-corrected chi connectivity index (χ1v) is 8.74. The maximum absolute atomic E-state index is 12.4. The summed E-state index contributed by atoms with van der Waals surface area (Å²) in [4.78, 5) is 22.8. The van der Waals surface area contributed by atoms with Crippen LogP contribution in [0.2, 0.25) is 0 Å². The van der Waals surface area contributed by atoms with Crippen LogP contribution in [0.15, 0.2) is 35.6 Å². The van der Waals surface area contributed by atoms with Gasteiger partial charge in [0.05, 0.1) is 11.9 Å². The summed E-state index contributed by atoms with van der Waals surface area (Å²) in [5, 5.41) is 4.39. The van der Waals surface area contributed by atoms with Gasteiger partial charge in [-0.15, -0.1) is 11.3 Å². The highest BCUT2D eigenvalue weighted by Crippen LogP contribution is 2.34. The van der Waals surface area contributed by atoms with Crippen molar-refractivity contribution in [3.05, 3.63) is 51.7 Å². The van der Waals surface area contributed by atoms with Crippen molar-refractivity contribution in [2.45, 2.75) is 26.3 Å². The molecule has 3 aromatic heterocycles. The molecule has 0 spiro atoms. The van der Waals surface area contributed by atoms with Gasteiger partial charge < -0.3 is 4.57 Å². The zero-order valence-corrected chi connectivity index (χ0v) is 14.4. The third kappa shape index (κ3) is 2.32. The molecular formula is C17H17N5OS. The Morgan fingerprint density at radius 3 is 3.00 bits per heavy atom. The lowest BCUT2D eigenvalue weighted by atomic mass is 10.00. The average Bonchev–Trinajstić information content (AvgIpc) is 3.15. The van der Waals surface area contributed by atoms with Crippen LogP contribution in [0.1, 0.15) is 28.0 Å². The number of carbonyl (C=O) groups is 1. The van der Waals surface area contributed by atoms with Crippen molar-refractivity contribution in [2.75, 3.05) is 0 Å². The van der Waals surface area contributed by atoms with Gasteiger partial charge in [0.1, 0.15) is 5.69 Å². The number of aryl methyl sites for hydroxylation is 2. The highest BCUT2D eigenvalue weighted by molar-refractivity contribution is 7.09. The second-order valence-corrected chi connectivity index (χ2v) is 6.72. The van der Waals surface area contributed by atoms with Crippen LogP contribution in [0.4, 0.5) is 0 Å². The predicted octanol–water partition coefficient (Wildman–Crippen LogP) is 2.20. The average molecular weight is 339 g/mol. The van der Waals surface area contributed by atoms with Gasteiger partial charge in [0.2, 0.25) is 0 Å². The van der Waals surface area contributed by atoms with E-state index in [4.69, 9.17) is 0 Å². The summed E-state index contributed by atoms with van der Waals surface area (Å²) in [6.07, 6.45) is 5.45. The van der Waals surface area contributed by atoms with Crippen LogP contribution in [0.5, 0.6) is 0 Å². The fourth-order valence-electron chi connectivity index (χ4n) is 3.12. The third-order valence-electron chi connectivity index (χ3n) is 4.28. The topological polar surface area (TPSA) is 65.1 Å². The monoisotopic (exact) mass is 339 g/mol. The lowest BCUT2D eigenvalue weighted by Crippen LogP contribution is -2.18. The predicted molar refractivity (Wildman–Crippen MR) is 91.7 cm³/mol. The molecule has 0 bridgehead atoms. The minimum absolute atomic E-state index is 0.303. The molecule has 1 aliphatic rings. The molecule has 0 radical (unpaired) electrons. The van der Waals surface area contributed by atoms with Crippen LogP contribution in [0.3, 0.4) is 0 Å². The number of rotatable bonds is 2. The Morgan fingerprint density at radius 1 is 1.38 bits per heavy atom. The van der Waals surface area contributed by atoms with Gasteiger partial charge in [0, 0.05) is 35.9 Å². The molecule has 0 saturated heterocycles. The van der Waals surface area contributed by atoms with Gasteiger partial charge in [0.15, 0.2) is 4.80 Å². The standard InChI is InChI=1S/C17H17N5OS/c1-3-22-15-11-10-19-21(2)13(11)7-8-14(15)24-17(22)20-16(23)12-6-4-5-9-18-12/h4-6,9-10H,3,7-8H2,1-2H3. The highest BCUT2D eigenvalue weighted by Gasteiger charge is 2.25. The highest BCUT2D eigenvalue weighted by atomic mass is 32.1. The van der Waals surface area contributed by atoms with Crippen molar-refractivity contribution in [1.82, 2.24) is 19.3 Å². The van der Waals surface area contributed by atoms with Crippen molar-refractivity contribution >= 4 is 17.2 Å². The zero-order chi connectivity index (χ0) is 16.7. The van der Waals surface area contributed by atoms with E-state index >= 15 is 0 Å². The molecule has 0 atom stereocenters. The molecule has 0 saturated carbocycles. The molecule has 0 aromatic carbocycles. The van der Waals surface area contributed by atoms with Crippen LogP contribution in [0, 0.1) is 0 Å². The third-order valence-corrected chi connectivity index (χ3v) is 5.42. The van der Waals surface area contributed by atoms with E-state index in [0.29, 0.717) is 5.69 Å². The molecule has 4 rings (SSSR count). The molecule has 0 aliphatic heterocycles. The molecular weight excluding hydrogens is 322 g/mol. The maximum Gasteiger partial charge on any atom is 0.298 e. The Balaban J connectivity index is 1.86. The van der Waals surface area contributed by atoms with Crippen LogP contribution in [-0.4, -0.2) is 25.2 Å². The second-order valence-electron chi connectivity index (χ2n) is 5.66. The van der Waals surface area contributed by atoms with Gasteiger partial charge in [-0.25, -0.2) is 0 Å². The quantitative estimate of drug-likeness (QED) is 0.719. The SMILES string of the molecule is CCn1c2c(sc1=NC(=O)c1ccccn1)CCc1c-2cnn1C. The van der Waals surface area contributed by atoms with Gasteiger partial charge in [-0.3, -0.25) is 14.5 Å². The number of amides is 1. The molecule has 3 aromatic rings. The lowest BCUT2D eigenvalue weighted by Gasteiger charge is -2.15. The smallest absolute Gasteiger partial charge is 0.298 e. The number of aromatic nitrogens is 4. The Kier molecular flexibility index (Phi) is 3.65. The first-order chi connectivity index (χ1) is 11.7. The van der Waals surface area contributed by atoms with Crippen molar-refractivity contribution in [2.24, 2.45) is 12.0 Å². The number of fused-ring (bicyclic) bond motifs is 3. The molecule has 0 N–H and O–H groups in total. The fraction of sp³-hybridized carbons (Fsp3) is 0.294. The minimum Gasteiger partial charge on any atom is -0.316 e. The Labute approximate surface area is 143 Å². The van der Waals surface area contributed by atoms with Crippen molar-refractivity contribution in [1.29, 1.82) is 0 Å². The molecule has 3 heterocycles. The molecule has 0 fully saturated rings. The Hall–Kier alpha value is -2.54. The number of hydrogen-bond donors (Lipinski definition) is 0. The number of nitrogens with zero attached hydrogens (tertiary/aromatic N) is 5. The van der Waals surface area contributed by atoms with Crippen LogP contribution >= 0.6 is 11.3 Å². The van der Waals surface area contributed by atoms with Gasteiger partial charge in [0.25, 0.3) is 5.91 Å². The summed E-state index contributed by atoms with van der Waals surface area (Å²) >= 11 is 1.59. The van der Waals surface area contributed by atoms with Crippen molar-refractivity contribution in [3.63, 3.8) is 0 Å². The minimum atomic E-state index is -0.303. The van der Waals surface area contributed by atoms with Gasteiger partial charge in [-0.2, -0.15) is 10.1 Å². The van der Waals surface area contributed by atoms with E-state index in [9.17, 15) is 4.79 Å². The number of thiazole rings is 1.